The number of carbonyl (C=O) groups is 1. The number of H-pyrrole nitrogens is 1. The summed E-state index contributed by atoms with van der Waals surface area (Å²) >= 11 is 0. The number of halogens is 3. The Morgan fingerprint density at radius 2 is 1.91 bits per heavy atom. The number of piperidine rings is 1. The number of aromatic nitrogens is 4. The topological polar surface area (TPSA) is 87.1 Å². The van der Waals surface area contributed by atoms with Gasteiger partial charge in [0.2, 0.25) is 5.95 Å². The van der Waals surface area contributed by atoms with Gasteiger partial charge in [-0.25, -0.2) is 9.67 Å². The first kappa shape index (κ1) is 21.2. The van der Waals surface area contributed by atoms with E-state index in [1.54, 1.807) is 11.8 Å². The number of carbonyl (C=O) groups excluding carboxylic acids is 1. The molecule has 32 heavy (non-hydrogen) atoms. The third-order valence-corrected chi connectivity index (χ3v) is 6.89. The van der Waals surface area contributed by atoms with Crippen LogP contribution in [0.15, 0.2) is 11.0 Å². The van der Waals surface area contributed by atoms with Crippen LogP contribution < -0.4 is 5.56 Å². The van der Waals surface area contributed by atoms with Gasteiger partial charge in [0.1, 0.15) is 0 Å². The summed E-state index contributed by atoms with van der Waals surface area (Å²) in [6, 6.07) is -0.587. The van der Waals surface area contributed by atoms with Crippen LogP contribution in [0, 0.1) is 6.92 Å². The third kappa shape index (κ3) is 3.72. The monoisotopic (exact) mass is 450 g/mol. The standard InChI is InChI=1S/C21H25F3N6O2/c1-12-16(8-25-30(12)20-26-17-7-3-6-15(17)18(31)27-20)19(32)28-9-13-4-2-5-14(10-28)29(13)11-21(22,23)24/h8,13-14H,2-7,9-11H2,1H3,(H,26,27,31). The average Bonchev–Trinajstić information content (AvgIpc) is 3.33. The van der Waals surface area contributed by atoms with Gasteiger partial charge in [-0.1, -0.05) is 6.42 Å². The van der Waals surface area contributed by atoms with Crippen LogP contribution in [0.3, 0.4) is 0 Å². The molecule has 4 heterocycles. The molecule has 172 valence electrons. The van der Waals surface area contributed by atoms with Crippen molar-refractivity contribution in [2.24, 2.45) is 0 Å². The summed E-state index contributed by atoms with van der Waals surface area (Å²) in [5.74, 6) is 0.0277. The quantitative estimate of drug-likeness (QED) is 0.773. The van der Waals surface area contributed by atoms with E-state index in [2.05, 4.69) is 15.1 Å². The second kappa shape index (κ2) is 7.72. The highest BCUT2D eigenvalue weighted by atomic mass is 19.4. The summed E-state index contributed by atoms with van der Waals surface area (Å²) in [4.78, 5) is 36.1. The summed E-state index contributed by atoms with van der Waals surface area (Å²) < 4.78 is 40.5. The van der Waals surface area contributed by atoms with Crippen LogP contribution in [0.5, 0.6) is 0 Å². The smallest absolute Gasteiger partial charge is 0.335 e. The summed E-state index contributed by atoms with van der Waals surface area (Å²) in [5.41, 5.74) is 2.20. The number of nitrogens with zero attached hydrogens (tertiary/aromatic N) is 5. The van der Waals surface area contributed by atoms with Crippen LogP contribution >= 0.6 is 0 Å². The fourth-order valence-electron chi connectivity index (χ4n) is 5.36. The first-order valence-corrected chi connectivity index (χ1v) is 11.0. The summed E-state index contributed by atoms with van der Waals surface area (Å²) in [5, 5.41) is 4.28. The second-order valence-electron chi connectivity index (χ2n) is 8.96. The molecule has 11 heteroatoms. The molecule has 0 aromatic carbocycles. The minimum absolute atomic E-state index is 0.182. The van der Waals surface area contributed by atoms with Gasteiger partial charge in [0.05, 0.1) is 29.7 Å². The Morgan fingerprint density at radius 1 is 1.19 bits per heavy atom. The summed E-state index contributed by atoms with van der Waals surface area (Å²) in [7, 11) is 0. The Labute approximate surface area is 182 Å². The maximum atomic E-state index is 13.3. The molecule has 1 N–H and O–H groups in total. The molecule has 0 saturated carbocycles. The molecular weight excluding hydrogens is 425 g/mol. The largest absolute Gasteiger partial charge is 0.401 e. The first-order valence-electron chi connectivity index (χ1n) is 11.0. The van der Waals surface area contributed by atoms with E-state index in [9.17, 15) is 22.8 Å². The number of fused-ring (bicyclic) bond motifs is 3. The van der Waals surface area contributed by atoms with Crippen LogP contribution in [-0.4, -0.2) is 73.3 Å². The van der Waals surface area contributed by atoms with Crippen molar-refractivity contribution in [1.82, 2.24) is 29.5 Å². The molecule has 2 fully saturated rings. The molecule has 8 nitrogen and oxygen atoms in total. The lowest BCUT2D eigenvalue weighted by molar-refractivity contribution is -0.167. The fraction of sp³-hybridized carbons (Fsp3) is 0.619. The number of aromatic amines is 1. The van der Waals surface area contributed by atoms with Gasteiger partial charge in [-0.05, 0) is 39.0 Å². The maximum absolute atomic E-state index is 13.3. The molecule has 2 aromatic rings. The molecule has 2 saturated heterocycles. The number of piperazine rings is 1. The maximum Gasteiger partial charge on any atom is 0.401 e. The van der Waals surface area contributed by atoms with Crippen LogP contribution in [-0.2, 0) is 12.8 Å². The molecule has 5 rings (SSSR count). The van der Waals surface area contributed by atoms with Gasteiger partial charge in [-0.3, -0.25) is 19.5 Å². The van der Waals surface area contributed by atoms with Gasteiger partial charge >= 0.3 is 6.18 Å². The Hall–Kier alpha value is -2.69. The molecule has 2 unspecified atom stereocenters. The zero-order valence-corrected chi connectivity index (χ0v) is 17.8. The van der Waals surface area contributed by atoms with E-state index in [4.69, 9.17) is 0 Å². The predicted octanol–water partition coefficient (Wildman–Crippen LogP) is 1.99. The van der Waals surface area contributed by atoms with E-state index < -0.39 is 12.7 Å². The number of alkyl halides is 3. The van der Waals surface area contributed by atoms with Crippen molar-refractivity contribution < 1.29 is 18.0 Å². The van der Waals surface area contributed by atoms with Crippen molar-refractivity contribution in [3.63, 3.8) is 0 Å². The number of aryl methyl sites for hydroxylation is 1. The summed E-state index contributed by atoms with van der Waals surface area (Å²) in [6.07, 6.45) is 1.70. The van der Waals surface area contributed by atoms with Crippen molar-refractivity contribution in [2.75, 3.05) is 19.6 Å². The molecular formula is C21H25F3N6O2. The Kier molecular flexibility index (Phi) is 5.11. The van der Waals surface area contributed by atoms with Crippen molar-refractivity contribution in [2.45, 2.75) is 63.7 Å². The second-order valence-corrected chi connectivity index (χ2v) is 8.96. The molecule has 0 radical (unpaired) electrons. The Bertz CT molecular complexity index is 1090. The fourth-order valence-corrected chi connectivity index (χ4v) is 5.36. The van der Waals surface area contributed by atoms with E-state index in [0.29, 0.717) is 36.1 Å². The van der Waals surface area contributed by atoms with Crippen LogP contribution in [0.25, 0.3) is 5.95 Å². The highest BCUT2D eigenvalue weighted by Gasteiger charge is 2.44. The Balaban J connectivity index is 1.38. The lowest BCUT2D eigenvalue weighted by Crippen LogP contribution is -2.63. The van der Waals surface area contributed by atoms with E-state index in [-0.39, 0.29) is 42.6 Å². The van der Waals surface area contributed by atoms with Gasteiger partial charge in [-0.15, -0.1) is 0 Å². The zero-order valence-electron chi connectivity index (χ0n) is 17.8. The highest BCUT2D eigenvalue weighted by Crippen LogP contribution is 2.32. The number of amides is 1. The lowest BCUT2D eigenvalue weighted by atomic mass is 9.91. The highest BCUT2D eigenvalue weighted by molar-refractivity contribution is 5.95. The van der Waals surface area contributed by atoms with E-state index >= 15 is 0 Å². The SMILES string of the molecule is Cc1c(C(=O)N2CC3CCCC(C2)N3CC(F)(F)F)cnn1-c1nc2c(c(=O)[nH]1)CCC2. The molecule has 2 aromatic heterocycles. The van der Waals surface area contributed by atoms with Gasteiger partial charge in [-0.2, -0.15) is 18.3 Å². The first-order chi connectivity index (χ1) is 15.2. The van der Waals surface area contributed by atoms with Gasteiger partial charge in [0.15, 0.2) is 0 Å². The third-order valence-electron chi connectivity index (χ3n) is 6.89. The minimum atomic E-state index is -4.25. The predicted molar refractivity (Wildman–Crippen MR) is 109 cm³/mol. The molecule has 2 atom stereocenters. The van der Waals surface area contributed by atoms with Gasteiger partial charge in [0, 0.05) is 30.7 Å². The van der Waals surface area contributed by atoms with E-state index in [1.807, 2.05) is 0 Å². The van der Waals surface area contributed by atoms with Gasteiger partial charge in [0.25, 0.3) is 11.5 Å². The van der Waals surface area contributed by atoms with Crippen molar-refractivity contribution in [1.29, 1.82) is 0 Å². The number of hydrogen-bond acceptors (Lipinski definition) is 5. The molecule has 1 amide bonds. The molecule has 0 spiro atoms. The number of hydrogen-bond donors (Lipinski definition) is 1. The van der Waals surface area contributed by atoms with E-state index in [0.717, 1.165) is 25.0 Å². The minimum Gasteiger partial charge on any atom is -0.335 e. The van der Waals surface area contributed by atoms with Crippen molar-refractivity contribution >= 4 is 5.91 Å². The molecule has 2 bridgehead atoms. The zero-order chi connectivity index (χ0) is 22.6. The van der Waals surface area contributed by atoms with Crippen LogP contribution in [0.2, 0.25) is 0 Å². The number of likely N-dealkylation sites (tertiary alicyclic amines) is 1. The Morgan fingerprint density at radius 3 is 2.59 bits per heavy atom. The average molecular weight is 450 g/mol. The van der Waals surface area contributed by atoms with Crippen LogP contribution in [0.4, 0.5) is 13.2 Å². The van der Waals surface area contributed by atoms with Crippen molar-refractivity contribution in [3.05, 3.63) is 39.1 Å². The molecule has 3 aliphatic rings. The van der Waals surface area contributed by atoms with Crippen LogP contribution in [0.1, 0.15) is 53.0 Å². The molecule has 1 aliphatic carbocycles. The number of nitrogens with one attached hydrogen (secondary N) is 1. The van der Waals surface area contributed by atoms with Gasteiger partial charge < -0.3 is 4.90 Å². The van der Waals surface area contributed by atoms with E-state index in [1.165, 1.54) is 15.8 Å². The summed E-state index contributed by atoms with van der Waals surface area (Å²) in [6.45, 7) is 1.33. The normalized spacial score (nSPS) is 23.4. The number of rotatable bonds is 3. The molecule has 2 aliphatic heterocycles. The lowest BCUT2D eigenvalue weighted by Gasteiger charge is -2.50. The van der Waals surface area contributed by atoms with Crippen molar-refractivity contribution in [3.8, 4) is 5.95 Å².